The van der Waals surface area contributed by atoms with Crippen molar-refractivity contribution < 1.29 is 35.0 Å². The van der Waals surface area contributed by atoms with Crippen LogP contribution in [0.4, 0.5) is 0 Å². The molecule has 0 aromatic carbocycles. The molecule has 0 aliphatic rings. The predicted octanol–water partition coefficient (Wildman–Crippen LogP) is 5.96. The lowest BCUT2D eigenvalue weighted by atomic mass is 10.0. The first kappa shape index (κ1) is 32.4. The summed E-state index contributed by atoms with van der Waals surface area (Å²) in [6, 6.07) is 0. The lowest BCUT2D eigenvalue weighted by Gasteiger charge is -2.03. The molecule has 4 N–H and O–H groups in total. The van der Waals surface area contributed by atoms with E-state index in [2.05, 4.69) is 13.8 Å². The Hall–Kier alpha value is -0.260. The average molecular weight is 451 g/mol. The number of unbranched alkanes of at least 4 members (excludes halogenated alkanes) is 15. The highest BCUT2D eigenvalue weighted by Crippen LogP contribution is 2.13. The zero-order valence-corrected chi connectivity index (χ0v) is 19.2. The highest BCUT2D eigenvalue weighted by Gasteiger charge is 1.93. The van der Waals surface area contributed by atoms with Gasteiger partial charge in [0.2, 0.25) is 0 Å². The van der Waals surface area contributed by atoms with Crippen LogP contribution in [-0.4, -0.2) is 35.0 Å². The van der Waals surface area contributed by atoms with Gasteiger partial charge in [-0.25, -0.2) is 0 Å². The number of hydrogen-bond donors (Lipinski definition) is 4. The molecule has 0 saturated heterocycles. The second-order valence-corrected chi connectivity index (χ2v) is 8.64. The fraction of sp³-hybridized carbons (Fsp3) is 1.00. The topological polar surface area (TPSA) is 149 Å². The van der Waals surface area contributed by atoms with E-state index in [0.717, 1.165) is 0 Å². The normalized spacial score (nSPS) is 11.2. The predicted molar refractivity (Wildman–Crippen MR) is 114 cm³/mol. The first-order valence-corrected chi connectivity index (χ1v) is 13.1. The first-order valence-electron chi connectivity index (χ1n) is 10.3. The van der Waals surface area contributed by atoms with E-state index in [1.165, 1.54) is 103 Å². The van der Waals surface area contributed by atoms with E-state index < -0.39 is 20.8 Å². The molecule has 174 valence electrons. The fourth-order valence-electron chi connectivity index (χ4n) is 2.62. The Morgan fingerprint density at radius 1 is 0.393 bits per heavy atom. The SMILES string of the molecule is CCCCCCCCCCCCCCCCCC.O=S(=O)(O)O.O=S(=O)(O)O. The van der Waals surface area contributed by atoms with Crippen molar-refractivity contribution in [3.8, 4) is 0 Å². The molecule has 0 aromatic rings. The Balaban J connectivity index is -0.000000512. The number of rotatable bonds is 15. The summed E-state index contributed by atoms with van der Waals surface area (Å²) in [4.78, 5) is 0. The van der Waals surface area contributed by atoms with Crippen molar-refractivity contribution in [3.63, 3.8) is 0 Å². The van der Waals surface area contributed by atoms with E-state index in [1.807, 2.05) is 0 Å². The van der Waals surface area contributed by atoms with Gasteiger partial charge in [-0.15, -0.1) is 0 Å². The van der Waals surface area contributed by atoms with Crippen LogP contribution in [-0.2, 0) is 20.8 Å². The zero-order chi connectivity index (χ0) is 22.3. The molecule has 28 heavy (non-hydrogen) atoms. The monoisotopic (exact) mass is 450 g/mol. The maximum Gasteiger partial charge on any atom is 0.394 e. The molecule has 0 aliphatic heterocycles. The van der Waals surface area contributed by atoms with Crippen molar-refractivity contribution in [1.29, 1.82) is 0 Å². The van der Waals surface area contributed by atoms with Crippen molar-refractivity contribution in [3.05, 3.63) is 0 Å². The molecule has 0 radical (unpaired) electrons. The second kappa shape index (κ2) is 23.0. The third kappa shape index (κ3) is 72.5. The van der Waals surface area contributed by atoms with Gasteiger partial charge in [0, 0.05) is 0 Å². The summed E-state index contributed by atoms with van der Waals surface area (Å²) in [7, 11) is -9.33. The quantitative estimate of drug-likeness (QED) is 0.176. The lowest BCUT2D eigenvalue weighted by molar-refractivity contribution is 0.378. The van der Waals surface area contributed by atoms with Crippen molar-refractivity contribution in [1.82, 2.24) is 0 Å². The van der Waals surface area contributed by atoms with Gasteiger partial charge in [-0.05, 0) is 0 Å². The van der Waals surface area contributed by atoms with Crippen molar-refractivity contribution in [2.24, 2.45) is 0 Å². The van der Waals surface area contributed by atoms with Gasteiger partial charge in [-0.3, -0.25) is 18.2 Å². The smallest absolute Gasteiger partial charge is 0.264 e. The summed E-state index contributed by atoms with van der Waals surface area (Å²) in [6.07, 6.45) is 23.4. The minimum absolute atomic E-state index is 1.37. The summed E-state index contributed by atoms with van der Waals surface area (Å²) in [5.74, 6) is 0. The Bertz CT molecular complexity index is 428. The molecule has 0 heterocycles. The van der Waals surface area contributed by atoms with Gasteiger partial charge in [0.1, 0.15) is 0 Å². The van der Waals surface area contributed by atoms with Crippen molar-refractivity contribution >= 4 is 20.8 Å². The maximum atomic E-state index is 8.74. The molecule has 10 heteroatoms. The molecule has 0 fully saturated rings. The molecule has 0 unspecified atom stereocenters. The van der Waals surface area contributed by atoms with Crippen molar-refractivity contribution in [2.45, 2.75) is 117 Å². The molecular weight excluding hydrogens is 408 g/mol. The third-order valence-electron chi connectivity index (χ3n) is 3.96. The Morgan fingerprint density at radius 2 is 0.500 bits per heavy atom. The van der Waals surface area contributed by atoms with Gasteiger partial charge in [0.15, 0.2) is 0 Å². The molecule has 0 spiro atoms. The molecule has 0 atom stereocenters. The van der Waals surface area contributed by atoms with Crippen LogP contribution in [0.25, 0.3) is 0 Å². The Labute approximate surface area is 172 Å². The van der Waals surface area contributed by atoms with E-state index in [-0.39, 0.29) is 0 Å². The largest absolute Gasteiger partial charge is 0.394 e. The van der Waals surface area contributed by atoms with Crippen molar-refractivity contribution in [2.75, 3.05) is 0 Å². The highest BCUT2D eigenvalue weighted by atomic mass is 32.3. The maximum absolute atomic E-state index is 8.74. The van der Waals surface area contributed by atoms with E-state index in [4.69, 9.17) is 35.0 Å². The highest BCUT2D eigenvalue weighted by molar-refractivity contribution is 7.80. The van der Waals surface area contributed by atoms with Crippen LogP contribution in [0.1, 0.15) is 117 Å². The molecule has 0 aliphatic carbocycles. The minimum atomic E-state index is -4.67. The molecule has 0 rings (SSSR count). The van der Waals surface area contributed by atoms with Gasteiger partial charge < -0.3 is 0 Å². The summed E-state index contributed by atoms with van der Waals surface area (Å²) < 4.78 is 63.2. The minimum Gasteiger partial charge on any atom is -0.264 e. The summed E-state index contributed by atoms with van der Waals surface area (Å²) in [5, 5.41) is 0. The summed E-state index contributed by atoms with van der Waals surface area (Å²) >= 11 is 0. The third-order valence-corrected chi connectivity index (χ3v) is 3.96. The Morgan fingerprint density at radius 3 is 0.607 bits per heavy atom. The van der Waals surface area contributed by atoms with Crippen LogP contribution in [0.15, 0.2) is 0 Å². The number of hydrogen-bond acceptors (Lipinski definition) is 4. The van der Waals surface area contributed by atoms with Crippen LogP contribution < -0.4 is 0 Å². The standard InChI is InChI=1S/C18H38.2H2O4S/c1-3-5-7-9-11-13-15-17-18-16-14-12-10-8-6-4-2;2*1-5(2,3)4/h3-18H2,1-2H3;2*(H2,1,2,3,4). The van der Waals surface area contributed by atoms with E-state index in [9.17, 15) is 0 Å². The van der Waals surface area contributed by atoms with Crippen LogP contribution in [0.5, 0.6) is 0 Å². The average Bonchev–Trinajstić information content (AvgIpc) is 2.52. The second-order valence-electron chi connectivity index (χ2n) is 6.85. The molecule has 0 amide bonds. The van der Waals surface area contributed by atoms with Gasteiger partial charge in [0.25, 0.3) is 0 Å². The fourth-order valence-corrected chi connectivity index (χ4v) is 2.62. The zero-order valence-electron chi connectivity index (χ0n) is 17.6. The van der Waals surface area contributed by atoms with E-state index in [1.54, 1.807) is 0 Å². The van der Waals surface area contributed by atoms with E-state index in [0.29, 0.717) is 0 Å². The molecule has 0 saturated carbocycles. The van der Waals surface area contributed by atoms with Gasteiger partial charge in [0.05, 0.1) is 0 Å². The van der Waals surface area contributed by atoms with Gasteiger partial charge >= 0.3 is 20.8 Å². The molecule has 8 nitrogen and oxygen atoms in total. The lowest BCUT2D eigenvalue weighted by Crippen LogP contribution is -1.89. The molecule has 0 aromatic heterocycles. The first-order chi connectivity index (χ1) is 12.9. The molecular formula is C18H42O8S2. The molecule has 0 bridgehead atoms. The summed E-state index contributed by atoms with van der Waals surface area (Å²) in [5.41, 5.74) is 0. The summed E-state index contributed by atoms with van der Waals surface area (Å²) in [6.45, 7) is 4.59. The van der Waals surface area contributed by atoms with Crippen LogP contribution in [0.2, 0.25) is 0 Å². The van der Waals surface area contributed by atoms with Crippen LogP contribution >= 0.6 is 0 Å². The van der Waals surface area contributed by atoms with Gasteiger partial charge in [-0.1, -0.05) is 117 Å². The van der Waals surface area contributed by atoms with Crippen LogP contribution in [0.3, 0.4) is 0 Å². The Kier molecular flexibility index (Phi) is 26.6. The van der Waals surface area contributed by atoms with E-state index >= 15 is 0 Å². The van der Waals surface area contributed by atoms with Crippen LogP contribution in [0, 0.1) is 0 Å². The van der Waals surface area contributed by atoms with Gasteiger partial charge in [-0.2, -0.15) is 16.8 Å².